The van der Waals surface area contributed by atoms with Gasteiger partial charge in [-0.3, -0.25) is 0 Å². The molecule has 0 N–H and O–H groups in total. The largest absolute Gasteiger partial charge is 0.0843 e. The molecule has 1 heteroatoms. The number of hydrogen-bond acceptors (Lipinski definition) is 0. The van der Waals surface area contributed by atoms with E-state index < -0.39 is 0 Å². The Bertz CT molecular complexity index is 657. The third kappa shape index (κ3) is 3.38. The second-order valence-corrected chi connectivity index (χ2v) is 7.59. The van der Waals surface area contributed by atoms with Crippen molar-refractivity contribution < 1.29 is 0 Å². The monoisotopic (exact) mass is 312 g/mol. The lowest BCUT2D eigenvalue weighted by atomic mass is 9.89. The van der Waals surface area contributed by atoms with Crippen molar-refractivity contribution >= 4 is 11.6 Å². The molecule has 2 unspecified atom stereocenters. The Labute approximate surface area is 139 Å². The van der Waals surface area contributed by atoms with Gasteiger partial charge in [0, 0.05) is 5.02 Å². The second-order valence-electron chi connectivity index (χ2n) is 7.15. The molecule has 1 aliphatic carbocycles. The fourth-order valence-corrected chi connectivity index (χ4v) is 3.90. The van der Waals surface area contributed by atoms with Crippen molar-refractivity contribution in [2.24, 2.45) is 5.92 Å². The van der Waals surface area contributed by atoms with E-state index in [9.17, 15) is 0 Å². The van der Waals surface area contributed by atoms with E-state index in [2.05, 4.69) is 57.2 Å². The summed E-state index contributed by atoms with van der Waals surface area (Å²) in [4.78, 5) is 0. The Morgan fingerprint density at radius 2 is 1.73 bits per heavy atom. The number of benzene rings is 2. The molecular formula is C21H25Cl. The highest BCUT2D eigenvalue weighted by molar-refractivity contribution is 6.30. The Kier molecular flexibility index (Phi) is 4.59. The molecule has 0 saturated carbocycles. The van der Waals surface area contributed by atoms with Crippen molar-refractivity contribution in [3.63, 3.8) is 0 Å². The Morgan fingerprint density at radius 1 is 0.955 bits per heavy atom. The zero-order valence-corrected chi connectivity index (χ0v) is 14.5. The van der Waals surface area contributed by atoms with Crippen LogP contribution in [0.3, 0.4) is 0 Å². The van der Waals surface area contributed by atoms with E-state index >= 15 is 0 Å². The minimum atomic E-state index is 0.572. The number of rotatable bonds is 4. The van der Waals surface area contributed by atoms with Crippen LogP contribution >= 0.6 is 11.6 Å². The minimum Gasteiger partial charge on any atom is -0.0843 e. The van der Waals surface area contributed by atoms with Crippen molar-refractivity contribution in [3.05, 3.63) is 69.7 Å². The summed E-state index contributed by atoms with van der Waals surface area (Å²) in [6, 6.07) is 15.4. The van der Waals surface area contributed by atoms with Gasteiger partial charge < -0.3 is 0 Å². The van der Waals surface area contributed by atoms with Crippen molar-refractivity contribution in [3.8, 4) is 0 Å². The Balaban J connectivity index is 1.68. The summed E-state index contributed by atoms with van der Waals surface area (Å²) in [6.45, 7) is 6.87. The molecule has 2 aromatic carbocycles. The molecule has 0 fully saturated rings. The van der Waals surface area contributed by atoms with E-state index in [1.54, 1.807) is 11.1 Å². The maximum Gasteiger partial charge on any atom is 0.0408 e. The van der Waals surface area contributed by atoms with Gasteiger partial charge in [0.05, 0.1) is 0 Å². The lowest BCUT2D eigenvalue weighted by molar-refractivity contribution is 0.468. The van der Waals surface area contributed by atoms with Crippen molar-refractivity contribution in [2.45, 2.75) is 51.9 Å². The Morgan fingerprint density at radius 3 is 2.45 bits per heavy atom. The normalized spacial score (nSPS) is 18.5. The smallest absolute Gasteiger partial charge is 0.0408 e. The number of halogens is 1. The molecule has 116 valence electrons. The average Bonchev–Trinajstić information content (AvgIpc) is 2.88. The van der Waals surface area contributed by atoms with Crippen molar-refractivity contribution in [2.75, 3.05) is 0 Å². The van der Waals surface area contributed by atoms with Gasteiger partial charge in [-0.15, -0.1) is 0 Å². The lowest BCUT2D eigenvalue weighted by Crippen LogP contribution is -2.05. The number of hydrogen-bond donors (Lipinski definition) is 0. The molecule has 0 aliphatic heterocycles. The first-order chi connectivity index (χ1) is 10.5. The highest BCUT2D eigenvalue weighted by atomic mass is 35.5. The van der Waals surface area contributed by atoms with E-state index in [0.29, 0.717) is 11.8 Å². The van der Waals surface area contributed by atoms with Gasteiger partial charge in [-0.2, -0.15) is 0 Å². The molecule has 2 aromatic rings. The second kappa shape index (κ2) is 6.46. The first-order valence-electron chi connectivity index (χ1n) is 8.40. The third-order valence-corrected chi connectivity index (χ3v) is 5.25. The van der Waals surface area contributed by atoms with Gasteiger partial charge in [0.25, 0.3) is 0 Å². The summed E-state index contributed by atoms with van der Waals surface area (Å²) in [5, 5.41) is 0.848. The summed E-state index contributed by atoms with van der Waals surface area (Å²) in [7, 11) is 0. The van der Waals surface area contributed by atoms with Crippen LogP contribution in [-0.2, 0) is 12.8 Å². The molecule has 0 amide bonds. The SMILES string of the molecule is CC(C)c1ccc2c(c1)CC(CC(C)c1cccc(Cl)c1)C2. The minimum absolute atomic E-state index is 0.572. The van der Waals surface area contributed by atoms with Crippen LogP contribution in [0.1, 0.15) is 61.3 Å². The zero-order chi connectivity index (χ0) is 15.7. The van der Waals surface area contributed by atoms with Crippen LogP contribution in [0.15, 0.2) is 42.5 Å². The van der Waals surface area contributed by atoms with E-state index in [1.165, 1.54) is 30.4 Å². The molecule has 1 aliphatic rings. The lowest BCUT2D eigenvalue weighted by Gasteiger charge is -2.17. The highest BCUT2D eigenvalue weighted by Gasteiger charge is 2.24. The van der Waals surface area contributed by atoms with Crippen LogP contribution < -0.4 is 0 Å². The maximum atomic E-state index is 6.13. The topological polar surface area (TPSA) is 0 Å². The van der Waals surface area contributed by atoms with Gasteiger partial charge in [0.15, 0.2) is 0 Å². The molecule has 0 bridgehead atoms. The number of fused-ring (bicyclic) bond motifs is 1. The summed E-state index contributed by atoms with van der Waals surface area (Å²) in [5.74, 6) is 1.96. The van der Waals surface area contributed by atoms with Crippen LogP contribution in [0.25, 0.3) is 0 Å². The molecule has 0 heterocycles. The van der Waals surface area contributed by atoms with Crippen molar-refractivity contribution in [1.29, 1.82) is 0 Å². The van der Waals surface area contributed by atoms with Gasteiger partial charge in [-0.1, -0.05) is 62.7 Å². The van der Waals surface area contributed by atoms with E-state index in [0.717, 1.165) is 10.9 Å². The van der Waals surface area contributed by atoms with Crippen LogP contribution in [0.4, 0.5) is 0 Å². The predicted octanol–water partition coefficient (Wildman–Crippen LogP) is 6.37. The fourth-order valence-electron chi connectivity index (χ4n) is 3.70. The average molecular weight is 313 g/mol. The third-order valence-electron chi connectivity index (χ3n) is 5.02. The molecule has 2 atom stereocenters. The van der Waals surface area contributed by atoms with E-state index in [1.807, 2.05) is 6.07 Å². The molecule has 0 spiro atoms. The standard InChI is InChI=1S/C21H25Cl/c1-14(2)17-7-8-19-10-16(11-20(19)12-17)9-15(3)18-5-4-6-21(22)13-18/h4-8,12-16H,9-11H2,1-3H3. The van der Waals surface area contributed by atoms with Gasteiger partial charge in [-0.05, 0) is 71.4 Å². The molecule has 0 aromatic heterocycles. The van der Waals surface area contributed by atoms with Crippen molar-refractivity contribution in [1.82, 2.24) is 0 Å². The van der Waals surface area contributed by atoms with Crippen LogP contribution in [0.2, 0.25) is 5.02 Å². The zero-order valence-electron chi connectivity index (χ0n) is 13.8. The highest BCUT2D eigenvalue weighted by Crippen LogP contribution is 2.35. The molecule has 3 rings (SSSR count). The molecule has 22 heavy (non-hydrogen) atoms. The summed E-state index contributed by atoms with van der Waals surface area (Å²) >= 11 is 6.13. The van der Waals surface area contributed by atoms with Gasteiger partial charge in [0.1, 0.15) is 0 Å². The summed E-state index contributed by atoms with van der Waals surface area (Å²) < 4.78 is 0. The maximum absolute atomic E-state index is 6.13. The predicted molar refractivity (Wildman–Crippen MR) is 95.9 cm³/mol. The van der Waals surface area contributed by atoms with E-state index in [4.69, 9.17) is 11.6 Å². The molecule has 0 radical (unpaired) electrons. The van der Waals surface area contributed by atoms with Gasteiger partial charge in [-0.25, -0.2) is 0 Å². The quantitative estimate of drug-likeness (QED) is 0.615. The van der Waals surface area contributed by atoms with Crippen LogP contribution in [0, 0.1) is 5.92 Å². The summed E-state index contributed by atoms with van der Waals surface area (Å²) in [6.07, 6.45) is 3.71. The molecular weight excluding hydrogens is 288 g/mol. The molecule has 0 nitrogen and oxygen atoms in total. The first kappa shape index (κ1) is 15.6. The van der Waals surface area contributed by atoms with Crippen LogP contribution in [-0.4, -0.2) is 0 Å². The van der Waals surface area contributed by atoms with Gasteiger partial charge >= 0.3 is 0 Å². The fraction of sp³-hybridized carbons (Fsp3) is 0.429. The summed E-state index contributed by atoms with van der Waals surface area (Å²) in [5.41, 5.74) is 5.98. The van der Waals surface area contributed by atoms with Crippen LogP contribution in [0.5, 0.6) is 0 Å². The Hall–Kier alpha value is -1.27. The first-order valence-corrected chi connectivity index (χ1v) is 8.78. The van der Waals surface area contributed by atoms with Gasteiger partial charge in [0.2, 0.25) is 0 Å². The van der Waals surface area contributed by atoms with E-state index in [-0.39, 0.29) is 0 Å². The molecule has 0 saturated heterocycles.